The Balaban J connectivity index is 2.03. The minimum Gasteiger partial charge on any atom is -0.336 e. The number of hydrogen-bond acceptors (Lipinski definition) is 3. The third-order valence-corrected chi connectivity index (χ3v) is 4.05. The lowest BCUT2D eigenvalue weighted by molar-refractivity contribution is -0.150. The molecule has 0 amide bonds. The summed E-state index contributed by atoms with van der Waals surface area (Å²) in [5, 5.41) is 0. The van der Waals surface area contributed by atoms with Crippen LogP contribution in [-0.2, 0) is 15.3 Å². The average Bonchev–Trinajstić information content (AvgIpc) is 2.86. The van der Waals surface area contributed by atoms with E-state index in [1.807, 2.05) is 36.4 Å². The van der Waals surface area contributed by atoms with Gasteiger partial charge in [0, 0.05) is 17.7 Å². The molecule has 2 aromatic carbocycles. The summed E-state index contributed by atoms with van der Waals surface area (Å²) in [7, 11) is 4.11. The van der Waals surface area contributed by atoms with Crippen molar-refractivity contribution >= 4 is 0 Å². The van der Waals surface area contributed by atoms with Crippen LogP contribution in [0.4, 0.5) is 0 Å². The highest BCUT2D eigenvalue weighted by atomic mass is 16.8. The zero-order chi connectivity index (χ0) is 15.6. The van der Waals surface area contributed by atoms with Crippen LogP contribution < -0.4 is 0 Å². The van der Waals surface area contributed by atoms with E-state index in [9.17, 15) is 0 Å². The summed E-state index contributed by atoms with van der Waals surface area (Å²) in [4.78, 5) is 2.14. The molecule has 0 aromatic heterocycles. The van der Waals surface area contributed by atoms with Gasteiger partial charge in [0.05, 0.1) is 6.10 Å². The third-order valence-electron chi connectivity index (χ3n) is 4.05. The van der Waals surface area contributed by atoms with Gasteiger partial charge in [-0.3, -0.25) is 0 Å². The molecule has 2 atom stereocenters. The van der Waals surface area contributed by atoms with Gasteiger partial charge in [-0.15, -0.1) is 0 Å². The number of rotatable bonds is 4. The Kier molecular flexibility index (Phi) is 4.30. The van der Waals surface area contributed by atoms with E-state index in [-0.39, 0.29) is 12.2 Å². The Morgan fingerprint density at radius 2 is 1.36 bits per heavy atom. The first-order chi connectivity index (χ1) is 10.6. The predicted molar refractivity (Wildman–Crippen MR) is 87.6 cm³/mol. The fourth-order valence-corrected chi connectivity index (χ4v) is 2.97. The van der Waals surface area contributed by atoms with Crippen molar-refractivity contribution in [3.05, 3.63) is 71.8 Å². The maximum atomic E-state index is 6.48. The summed E-state index contributed by atoms with van der Waals surface area (Å²) in [5.41, 5.74) is 2.07. The van der Waals surface area contributed by atoms with Gasteiger partial charge in [0.1, 0.15) is 6.10 Å². The molecule has 1 saturated heterocycles. The SMILES string of the molecule is C[C@@H]1OC(c2ccccc2)(c2ccccc2)O[C@@H]1CN(C)C. The van der Waals surface area contributed by atoms with Crippen LogP contribution in [0.25, 0.3) is 0 Å². The van der Waals surface area contributed by atoms with Crippen LogP contribution in [0.15, 0.2) is 60.7 Å². The monoisotopic (exact) mass is 297 g/mol. The molecule has 0 N–H and O–H groups in total. The maximum Gasteiger partial charge on any atom is 0.223 e. The highest BCUT2D eigenvalue weighted by molar-refractivity contribution is 5.34. The zero-order valence-electron chi connectivity index (χ0n) is 13.4. The van der Waals surface area contributed by atoms with E-state index < -0.39 is 5.79 Å². The molecule has 3 rings (SSSR count). The molecule has 1 aliphatic heterocycles. The molecule has 0 radical (unpaired) electrons. The molecule has 3 heteroatoms. The number of hydrogen-bond donors (Lipinski definition) is 0. The van der Waals surface area contributed by atoms with Gasteiger partial charge < -0.3 is 14.4 Å². The molecule has 1 aliphatic rings. The Morgan fingerprint density at radius 3 is 1.82 bits per heavy atom. The zero-order valence-corrected chi connectivity index (χ0v) is 13.4. The molecule has 116 valence electrons. The molecule has 1 fully saturated rings. The van der Waals surface area contributed by atoms with Gasteiger partial charge in [0.2, 0.25) is 5.79 Å². The van der Waals surface area contributed by atoms with Crippen LogP contribution in [0.2, 0.25) is 0 Å². The van der Waals surface area contributed by atoms with Crippen molar-refractivity contribution in [1.29, 1.82) is 0 Å². The quantitative estimate of drug-likeness (QED) is 0.864. The summed E-state index contributed by atoms with van der Waals surface area (Å²) < 4.78 is 12.9. The van der Waals surface area contributed by atoms with Gasteiger partial charge in [-0.1, -0.05) is 60.7 Å². The Bertz CT molecular complexity index is 558. The molecular formula is C19H23NO2. The fraction of sp³-hybridized carbons (Fsp3) is 0.368. The van der Waals surface area contributed by atoms with E-state index in [1.54, 1.807) is 0 Å². The van der Waals surface area contributed by atoms with Gasteiger partial charge in [-0.25, -0.2) is 0 Å². The van der Waals surface area contributed by atoms with Crippen molar-refractivity contribution in [3.8, 4) is 0 Å². The lowest BCUT2D eigenvalue weighted by atomic mass is 9.97. The molecular weight excluding hydrogens is 274 g/mol. The molecule has 0 bridgehead atoms. The minimum atomic E-state index is -0.817. The average molecular weight is 297 g/mol. The van der Waals surface area contributed by atoms with Crippen molar-refractivity contribution in [2.75, 3.05) is 20.6 Å². The second-order valence-corrected chi connectivity index (χ2v) is 6.09. The largest absolute Gasteiger partial charge is 0.336 e. The van der Waals surface area contributed by atoms with Gasteiger partial charge in [0.25, 0.3) is 0 Å². The van der Waals surface area contributed by atoms with Crippen LogP contribution in [0.5, 0.6) is 0 Å². The van der Waals surface area contributed by atoms with Crippen molar-refractivity contribution < 1.29 is 9.47 Å². The third kappa shape index (κ3) is 2.80. The molecule has 0 saturated carbocycles. The first-order valence-corrected chi connectivity index (χ1v) is 7.73. The highest BCUT2D eigenvalue weighted by Crippen LogP contribution is 2.43. The van der Waals surface area contributed by atoms with E-state index in [4.69, 9.17) is 9.47 Å². The maximum absolute atomic E-state index is 6.48. The second kappa shape index (κ2) is 6.21. The van der Waals surface area contributed by atoms with Crippen LogP contribution in [-0.4, -0.2) is 37.7 Å². The van der Waals surface area contributed by atoms with E-state index in [0.29, 0.717) is 0 Å². The molecule has 0 spiro atoms. The molecule has 1 heterocycles. The Morgan fingerprint density at radius 1 is 0.864 bits per heavy atom. The molecule has 3 nitrogen and oxygen atoms in total. The van der Waals surface area contributed by atoms with Crippen LogP contribution in [0, 0.1) is 0 Å². The number of ether oxygens (including phenoxy) is 2. The lowest BCUT2D eigenvalue weighted by Gasteiger charge is -2.29. The fourth-order valence-electron chi connectivity index (χ4n) is 2.97. The number of benzene rings is 2. The highest BCUT2D eigenvalue weighted by Gasteiger charge is 2.48. The lowest BCUT2D eigenvalue weighted by Crippen LogP contribution is -2.33. The Labute approximate surface area is 132 Å². The van der Waals surface area contributed by atoms with Crippen molar-refractivity contribution in [2.45, 2.75) is 24.9 Å². The van der Waals surface area contributed by atoms with E-state index in [2.05, 4.69) is 50.2 Å². The Hall–Kier alpha value is -1.68. The first-order valence-electron chi connectivity index (χ1n) is 7.73. The van der Waals surface area contributed by atoms with Gasteiger partial charge >= 0.3 is 0 Å². The summed E-state index contributed by atoms with van der Waals surface area (Å²) in [6.45, 7) is 2.92. The second-order valence-electron chi connectivity index (χ2n) is 6.09. The van der Waals surface area contributed by atoms with E-state index in [1.165, 1.54) is 0 Å². The van der Waals surface area contributed by atoms with Crippen molar-refractivity contribution in [1.82, 2.24) is 4.90 Å². The molecule has 0 unspecified atom stereocenters. The van der Waals surface area contributed by atoms with Crippen molar-refractivity contribution in [3.63, 3.8) is 0 Å². The predicted octanol–water partition coefficient (Wildman–Crippen LogP) is 3.25. The van der Waals surface area contributed by atoms with Gasteiger partial charge in [-0.2, -0.15) is 0 Å². The van der Waals surface area contributed by atoms with Gasteiger partial charge in [0.15, 0.2) is 0 Å². The minimum absolute atomic E-state index is 0.0304. The van der Waals surface area contributed by atoms with Crippen LogP contribution >= 0.6 is 0 Å². The van der Waals surface area contributed by atoms with E-state index in [0.717, 1.165) is 17.7 Å². The van der Waals surface area contributed by atoms with Crippen LogP contribution in [0.3, 0.4) is 0 Å². The summed E-state index contributed by atoms with van der Waals surface area (Å²) in [5.74, 6) is -0.817. The van der Waals surface area contributed by atoms with Crippen LogP contribution in [0.1, 0.15) is 18.1 Å². The molecule has 2 aromatic rings. The summed E-state index contributed by atoms with van der Waals surface area (Å²) in [6.07, 6.45) is 0.0678. The molecule has 22 heavy (non-hydrogen) atoms. The topological polar surface area (TPSA) is 21.7 Å². The molecule has 0 aliphatic carbocycles. The first kappa shape index (κ1) is 15.2. The summed E-state index contributed by atoms with van der Waals surface area (Å²) in [6, 6.07) is 20.4. The normalized spacial score (nSPS) is 23.8. The number of nitrogens with zero attached hydrogens (tertiary/aromatic N) is 1. The number of likely N-dealkylation sites (N-methyl/N-ethyl adjacent to an activating group) is 1. The van der Waals surface area contributed by atoms with Crippen molar-refractivity contribution in [2.24, 2.45) is 0 Å². The van der Waals surface area contributed by atoms with Gasteiger partial charge in [-0.05, 0) is 21.0 Å². The van der Waals surface area contributed by atoms with E-state index >= 15 is 0 Å². The smallest absolute Gasteiger partial charge is 0.223 e. The standard InChI is InChI=1S/C19H23NO2/c1-15-18(14-20(2)3)22-19(21-15,16-10-6-4-7-11-16)17-12-8-5-9-13-17/h4-13,15,18H,14H2,1-3H3/t15-,18+/m0/s1. The summed E-state index contributed by atoms with van der Waals surface area (Å²) >= 11 is 0.